The van der Waals surface area contributed by atoms with Crippen LogP contribution in [0.4, 0.5) is 0 Å². The second-order valence-electron chi connectivity index (χ2n) is 6.20. The third-order valence-electron chi connectivity index (χ3n) is 3.68. The second kappa shape index (κ2) is 13.9. The Labute approximate surface area is 169 Å². The molecule has 0 aliphatic carbocycles. The summed E-state index contributed by atoms with van der Waals surface area (Å²) in [5, 5.41) is 6.47. The molecule has 0 bridgehead atoms. The number of aliphatic imine (C=N–C) groups is 1. The number of guanidine groups is 1. The lowest BCUT2D eigenvalue weighted by Crippen LogP contribution is -2.39. The van der Waals surface area contributed by atoms with Gasteiger partial charge in [0, 0.05) is 26.2 Å². The lowest BCUT2D eigenvalue weighted by Gasteiger charge is -2.20. The number of halogens is 1. The molecule has 5 nitrogen and oxygen atoms in total. The Morgan fingerprint density at radius 3 is 2.40 bits per heavy atom. The van der Waals surface area contributed by atoms with E-state index in [0.29, 0.717) is 25.0 Å². The highest BCUT2D eigenvalue weighted by atomic mass is 127. The lowest BCUT2D eigenvalue weighted by molar-refractivity contribution is -0.130. The average molecular weight is 460 g/mol. The Balaban J connectivity index is 0.00000576. The molecule has 25 heavy (non-hydrogen) atoms. The van der Waals surface area contributed by atoms with Gasteiger partial charge in [-0.1, -0.05) is 44.2 Å². The quantitative estimate of drug-likeness (QED) is 0.338. The maximum atomic E-state index is 12.4. The summed E-state index contributed by atoms with van der Waals surface area (Å²) in [6.07, 6.45) is 1.08. The maximum absolute atomic E-state index is 12.4. The van der Waals surface area contributed by atoms with Crippen LogP contribution in [0.25, 0.3) is 0 Å². The first-order valence-electron chi connectivity index (χ1n) is 8.90. The fourth-order valence-corrected chi connectivity index (χ4v) is 2.25. The van der Waals surface area contributed by atoms with Crippen molar-refractivity contribution in [3.8, 4) is 0 Å². The van der Waals surface area contributed by atoms with Gasteiger partial charge in [-0.15, -0.1) is 24.0 Å². The molecule has 0 unspecified atom stereocenters. The number of carbonyl (C=O) groups is 1. The molecule has 0 aliphatic heterocycles. The maximum Gasteiger partial charge on any atom is 0.244 e. The van der Waals surface area contributed by atoms with Crippen molar-refractivity contribution in [3.05, 3.63) is 35.9 Å². The summed E-state index contributed by atoms with van der Waals surface area (Å²) in [4.78, 5) is 18.7. The summed E-state index contributed by atoms with van der Waals surface area (Å²) in [7, 11) is 0. The molecule has 0 aliphatic rings. The van der Waals surface area contributed by atoms with Gasteiger partial charge in [0.25, 0.3) is 0 Å². The van der Waals surface area contributed by atoms with Crippen LogP contribution in [0.1, 0.15) is 39.7 Å². The van der Waals surface area contributed by atoms with E-state index in [4.69, 9.17) is 0 Å². The first kappa shape index (κ1) is 23.7. The van der Waals surface area contributed by atoms with Gasteiger partial charge >= 0.3 is 0 Å². The molecule has 0 radical (unpaired) electrons. The van der Waals surface area contributed by atoms with E-state index < -0.39 is 0 Å². The minimum absolute atomic E-state index is 0. The summed E-state index contributed by atoms with van der Waals surface area (Å²) in [5.41, 5.74) is 1.14. The topological polar surface area (TPSA) is 56.7 Å². The van der Waals surface area contributed by atoms with Crippen LogP contribution in [0.5, 0.6) is 0 Å². The van der Waals surface area contributed by atoms with Crippen LogP contribution in [-0.2, 0) is 11.3 Å². The summed E-state index contributed by atoms with van der Waals surface area (Å²) >= 11 is 0. The van der Waals surface area contributed by atoms with Gasteiger partial charge in [0.05, 0.1) is 0 Å². The van der Waals surface area contributed by atoms with Crippen LogP contribution in [0.2, 0.25) is 0 Å². The molecule has 0 saturated heterocycles. The Kier molecular flexibility index (Phi) is 13.2. The first-order chi connectivity index (χ1) is 11.6. The van der Waals surface area contributed by atoms with E-state index in [2.05, 4.69) is 29.5 Å². The van der Waals surface area contributed by atoms with E-state index in [0.717, 1.165) is 25.1 Å². The monoisotopic (exact) mass is 460 g/mol. The number of rotatable bonds is 9. The zero-order valence-corrected chi connectivity index (χ0v) is 18.2. The number of likely N-dealkylation sites (N-methyl/N-ethyl adjacent to an activating group) is 1. The number of hydrogen-bond donors (Lipinski definition) is 2. The van der Waals surface area contributed by atoms with Crippen molar-refractivity contribution in [1.29, 1.82) is 0 Å². The predicted molar refractivity (Wildman–Crippen MR) is 116 cm³/mol. The fraction of sp³-hybridized carbons (Fsp3) is 0.579. The molecule has 1 aromatic rings. The summed E-state index contributed by atoms with van der Waals surface area (Å²) in [5.74, 6) is 1.40. The average Bonchev–Trinajstić information content (AvgIpc) is 2.57. The Morgan fingerprint density at radius 1 is 1.16 bits per heavy atom. The van der Waals surface area contributed by atoms with Crippen molar-refractivity contribution in [2.24, 2.45) is 10.9 Å². The molecule has 0 spiro atoms. The Morgan fingerprint density at radius 2 is 1.84 bits per heavy atom. The van der Waals surface area contributed by atoms with Crippen LogP contribution < -0.4 is 10.6 Å². The van der Waals surface area contributed by atoms with Crippen molar-refractivity contribution in [2.75, 3.05) is 26.2 Å². The molecule has 1 amide bonds. The van der Waals surface area contributed by atoms with Crippen LogP contribution in [0.3, 0.4) is 0 Å². The summed E-state index contributed by atoms with van der Waals surface area (Å²) in [6, 6.07) is 10.0. The zero-order valence-electron chi connectivity index (χ0n) is 15.9. The van der Waals surface area contributed by atoms with E-state index in [1.807, 2.05) is 49.1 Å². The van der Waals surface area contributed by atoms with Crippen molar-refractivity contribution >= 4 is 35.8 Å². The Bertz CT molecular complexity index is 505. The van der Waals surface area contributed by atoms with Crippen LogP contribution >= 0.6 is 24.0 Å². The lowest BCUT2D eigenvalue weighted by atomic mass is 10.1. The minimum atomic E-state index is 0. The standard InChI is InChI=1S/C19H32N4O.HI/c1-5-20-19(21-13-12-16(3)4)22-14-18(24)23(6-2)15-17-10-8-7-9-11-17;/h7-11,16H,5-6,12-15H2,1-4H3,(H2,20,21,22);1H. The third kappa shape index (κ3) is 10.3. The smallest absolute Gasteiger partial charge is 0.244 e. The van der Waals surface area contributed by atoms with Gasteiger partial charge in [-0.3, -0.25) is 4.79 Å². The van der Waals surface area contributed by atoms with Crippen LogP contribution in [0, 0.1) is 5.92 Å². The largest absolute Gasteiger partial charge is 0.357 e. The number of carbonyl (C=O) groups excluding carboxylic acids is 1. The molecule has 1 aromatic carbocycles. The van der Waals surface area contributed by atoms with Crippen molar-refractivity contribution in [3.63, 3.8) is 0 Å². The zero-order chi connectivity index (χ0) is 17.8. The van der Waals surface area contributed by atoms with Gasteiger partial charge in [-0.2, -0.15) is 0 Å². The third-order valence-corrected chi connectivity index (χ3v) is 3.68. The predicted octanol–water partition coefficient (Wildman–Crippen LogP) is 3.25. The van der Waals surface area contributed by atoms with E-state index >= 15 is 0 Å². The van der Waals surface area contributed by atoms with Crippen LogP contribution in [-0.4, -0.2) is 42.9 Å². The van der Waals surface area contributed by atoms with E-state index in [-0.39, 0.29) is 36.4 Å². The van der Waals surface area contributed by atoms with E-state index in [1.165, 1.54) is 0 Å². The van der Waals surface area contributed by atoms with Gasteiger partial charge < -0.3 is 15.5 Å². The Hall–Kier alpha value is -1.31. The molecular formula is C19H33IN4O. The molecule has 0 saturated carbocycles. The second-order valence-corrected chi connectivity index (χ2v) is 6.20. The SMILES string of the molecule is CCNC(=NCC(=O)N(CC)Cc1ccccc1)NCCC(C)C.I. The summed E-state index contributed by atoms with van der Waals surface area (Å²) < 4.78 is 0. The first-order valence-corrected chi connectivity index (χ1v) is 8.90. The minimum Gasteiger partial charge on any atom is -0.357 e. The van der Waals surface area contributed by atoms with Crippen LogP contribution in [0.15, 0.2) is 35.3 Å². The van der Waals surface area contributed by atoms with Crippen molar-refractivity contribution < 1.29 is 4.79 Å². The molecule has 0 aromatic heterocycles. The summed E-state index contributed by atoms with van der Waals surface area (Å²) in [6.45, 7) is 11.5. The van der Waals surface area contributed by atoms with Gasteiger partial charge in [0.1, 0.15) is 6.54 Å². The highest BCUT2D eigenvalue weighted by Crippen LogP contribution is 2.04. The highest BCUT2D eigenvalue weighted by molar-refractivity contribution is 14.0. The molecule has 0 fully saturated rings. The normalized spacial score (nSPS) is 11.0. The number of nitrogens with zero attached hydrogens (tertiary/aromatic N) is 2. The van der Waals surface area contributed by atoms with Crippen molar-refractivity contribution in [1.82, 2.24) is 15.5 Å². The molecule has 6 heteroatoms. The molecule has 0 atom stereocenters. The van der Waals surface area contributed by atoms with Gasteiger partial charge in [-0.25, -0.2) is 4.99 Å². The number of amides is 1. The number of hydrogen-bond acceptors (Lipinski definition) is 2. The van der Waals surface area contributed by atoms with Gasteiger partial charge in [-0.05, 0) is 31.7 Å². The molecule has 142 valence electrons. The van der Waals surface area contributed by atoms with Crippen molar-refractivity contribution in [2.45, 2.75) is 40.7 Å². The molecule has 0 heterocycles. The van der Waals surface area contributed by atoms with E-state index in [9.17, 15) is 4.79 Å². The van der Waals surface area contributed by atoms with E-state index in [1.54, 1.807) is 0 Å². The number of nitrogens with one attached hydrogen (secondary N) is 2. The number of benzene rings is 1. The highest BCUT2D eigenvalue weighted by Gasteiger charge is 2.12. The fourth-order valence-electron chi connectivity index (χ4n) is 2.25. The molecular weight excluding hydrogens is 427 g/mol. The molecule has 2 N–H and O–H groups in total. The molecule has 1 rings (SSSR count). The van der Waals surface area contributed by atoms with Gasteiger partial charge in [0.15, 0.2) is 5.96 Å². The van der Waals surface area contributed by atoms with Gasteiger partial charge in [0.2, 0.25) is 5.91 Å².